The van der Waals surface area contributed by atoms with E-state index in [1.165, 1.54) is 30.5 Å². The van der Waals surface area contributed by atoms with Crippen LogP contribution in [0.15, 0.2) is 40.2 Å². The van der Waals surface area contributed by atoms with E-state index in [0.29, 0.717) is 6.54 Å². The lowest BCUT2D eigenvalue weighted by Gasteiger charge is -2.15. The molecular weight excluding hydrogens is 358 g/mol. The molecule has 1 aromatic heterocycles. The maximum Gasteiger partial charge on any atom is 0.323 e. The summed E-state index contributed by atoms with van der Waals surface area (Å²) in [7, 11) is -4.18. The van der Waals surface area contributed by atoms with Gasteiger partial charge in [0, 0.05) is 36.6 Å². The fourth-order valence-corrected chi connectivity index (χ4v) is 3.92. The number of fused-ring (bicyclic) bond motifs is 1. The summed E-state index contributed by atoms with van der Waals surface area (Å²) in [5, 5.41) is 10.7. The number of nitrogens with one attached hydrogen (secondary N) is 2. The minimum Gasteiger partial charge on any atom is -0.480 e. The second kappa shape index (κ2) is 8.25. The topological polar surface area (TPSA) is 142 Å². The van der Waals surface area contributed by atoms with E-state index in [2.05, 4.69) is 10.3 Å². The molecule has 2 aromatic rings. The quantitative estimate of drug-likeness (QED) is 0.487. The first-order valence-corrected chi connectivity index (χ1v) is 8.42. The molecule has 10 heteroatoms. The molecule has 132 valence electrons. The molecular formula is C14H18ClN3O5S. The number of hydrogen-bond donors (Lipinski definition) is 4. The summed E-state index contributed by atoms with van der Waals surface area (Å²) in [5.41, 5.74) is 4.87. The van der Waals surface area contributed by atoms with Gasteiger partial charge in [0.15, 0.2) is 15.1 Å². The maximum atomic E-state index is 12.7. The predicted octanol–water partition coefficient (Wildman–Crippen LogP) is -0.275. The van der Waals surface area contributed by atoms with Crippen molar-refractivity contribution in [2.24, 2.45) is 5.73 Å². The summed E-state index contributed by atoms with van der Waals surface area (Å²) in [6.07, 6.45) is 1.33. The third-order valence-corrected chi connectivity index (χ3v) is 5.47. The molecule has 0 saturated carbocycles. The minimum absolute atomic E-state index is 0. The highest BCUT2D eigenvalue weighted by molar-refractivity contribution is 7.93. The number of aromatic amines is 1. The van der Waals surface area contributed by atoms with Crippen LogP contribution in [0.2, 0.25) is 0 Å². The number of carbonyl (C=O) groups is 1. The smallest absolute Gasteiger partial charge is 0.323 e. The Bertz CT molecular complexity index is 881. The number of hydrogen-bond acceptors (Lipinski definition) is 6. The number of aliphatic carboxylic acids is 1. The van der Waals surface area contributed by atoms with E-state index >= 15 is 0 Å². The van der Waals surface area contributed by atoms with Crippen LogP contribution in [0.25, 0.3) is 10.8 Å². The molecule has 5 N–H and O–H groups in total. The van der Waals surface area contributed by atoms with E-state index in [-0.39, 0.29) is 41.2 Å². The van der Waals surface area contributed by atoms with E-state index in [1.54, 1.807) is 0 Å². The largest absolute Gasteiger partial charge is 0.480 e. The Kier molecular flexibility index (Phi) is 6.91. The molecule has 1 atom stereocenters. The number of pyridine rings is 1. The summed E-state index contributed by atoms with van der Waals surface area (Å²) in [5.74, 6) is -1.46. The number of benzene rings is 1. The molecule has 2 rings (SSSR count). The van der Waals surface area contributed by atoms with E-state index in [4.69, 9.17) is 5.73 Å². The summed E-state index contributed by atoms with van der Waals surface area (Å²) in [6, 6.07) is 5.64. The lowest BCUT2D eigenvalue weighted by atomic mass is 10.2. The Labute approximate surface area is 144 Å². The van der Waals surface area contributed by atoms with Crippen LogP contribution in [0, 0.1) is 0 Å². The third-order valence-electron chi connectivity index (χ3n) is 3.38. The number of H-pyrrole nitrogens is 1. The molecule has 0 saturated heterocycles. The molecule has 0 spiro atoms. The molecule has 1 unspecified atom stereocenters. The first-order valence-electron chi connectivity index (χ1n) is 6.87. The van der Waals surface area contributed by atoms with Crippen LogP contribution in [-0.4, -0.2) is 49.4 Å². The highest BCUT2D eigenvalue weighted by Gasteiger charge is 2.34. The molecule has 1 heterocycles. The Hall–Kier alpha value is -1.94. The van der Waals surface area contributed by atoms with Gasteiger partial charge < -0.3 is 21.1 Å². The summed E-state index contributed by atoms with van der Waals surface area (Å²) in [6.45, 7) is 0.291. The van der Waals surface area contributed by atoms with Crippen molar-refractivity contribution < 1.29 is 18.3 Å². The highest BCUT2D eigenvalue weighted by Crippen LogP contribution is 2.24. The van der Waals surface area contributed by atoms with E-state index in [9.17, 15) is 23.1 Å². The fourth-order valence-electron chi connectivity index (χ4n) is 2.26. The van der Waals surface area contributed by atoms with Gasteiger partial charge in [0.05, 0.1) is 4.90 Å². The molecule has 0 amide bonds. The SMILES string of the molecule is Cl.NCCNCC(C(=O)O)S(=O)(=O)c1cccc2c(=O)[nH]ccc12. The zero-order valence-corrected chi connectivity index (χ0v) is 14.2. The van der Waals surface area contributed by atoms with E-state index in [0.717, 1.165) is 0 Å². The second-order valence-electron chi connectivity index (χ2n) is 4.89. The normalized spacial score (nSPS) is 12.5. The Balaban J connectivity index is 0.00000288. The number of carboxylic acid groups (broad SMARTS) is 1. The number of nitrogens with two attached hydrogens (primary N) is 1. The van der Waals surface area contributed by atoms with Crippen LogP contribution in [0.5, 0.6) is 0 Å². The van der Waals surface area contributed by atoms with Gasteiger partial charge in [-0.05, 0) is 18.2 Å². The van der Waals surface area contributed by atoms with Crippen LogP contribution in [0.3, 0.4) is 0 Å². The number of rotatable bonds is 7. The third kappa shape index (κ3) is 3.93. The van der Waals surface area contributed by atoms with Gasteiger partial charge >= 0.3 is 5.97 Å². The molecule has 0 aliphatic heterocycles. The van der Waals surface area contributed by atoms with Crippen molar-refractivity contribution in [2.75, 3.05) is 19.6 Å². The lowest BCUT2D eigenvalue weighted by molar-refractivity contribution is -0.136. The number of halogens is 1. The van der Waals surface area contributed by atoms with Gasteiger partial charge in [0.25, 0.3) is 5.56 Å². The summed E-state index contributed by atoms with van der Waals surface area (Å²) in [4.78, 5) is 25.5. The van der Waals surface area contributed by atoms with Crippen LogP contribution in [-0.2, 0) is 14.6 Å². The number of carboxylic acids is 1. The molecule has 8 nitrogen and oxygen atoms in total. The van der Waals surface area contributed by atoms with Crippen molar-refractivity contribution in [3.8, 4) is 0 Å². The first-order chi connectivity index (χ1) is 10.9. The predicted molar refractivity (Wildman–Crippen MR) is 92.4 cm³/mol. The fraction of sp³-hybridized carbons (Fsp3) is 0.286. The van der Waals surface area contributed by atoms with Crippen molar-refractivity contribution in [2.45, 2.75) is 10.1 Å². The molecule has 1 aromatic carbocycles. The Morgan fingerprint density at radius 3 is 2.62 bits per heavy atom. The van der Waals surface area contributed by atoms with Gasteiger partial charge in [-0.15, -0.1) is 12.4 Å². The first kappa shape index (κ1) is 20.1. The Morgan fingerprint density at radius 2 is 2.00 bits per heavy atom. The monoisotopic (exact) mass is 375 g/mol. The minimum atomic E-state index is -4.18. The number of aromatic nitrogens is 1. The van der Waals surface area contributed by atoms with Crippen molar-refractivity contribution in [1.82, 2.24) is 10.3 Å². The molecule has 0 aliphatic rings. The molecule has 24 heavy (non-hydrogen) atoms. The maximum absolute atomic E-state index is 12.7. The number of sulfone groups is 1. The van der Waals surface area contributed by atoms with Crippen molar-refractivity contribution >= 4 is 39.0 Å². The van der Waals surface area contributed by atoms with Gasteiger partial charge in [-0.1, -0.05) is 6.07 Å². The average molecular weight is 376 g/mol. The van der Waals surface area contributed by atoms with E-state index < -0.39 is 26.6 Å². The molecule has 0 aliphatic carbocycles. The van der Waals surface area contributed by atoms with Gasteiger partial charge in [0.1, 0.15) is 0 Å². The summed E-state index contributed by atoms with van der Waals surface area (Å²) >= 11 is 0. The molecule has 0 fully saturated rings. The standard InChI is InChI=1S/C14H17N3O5S.ClH/c15-5-7-16-8-12(14(19)20)23(21,22)11-3-1-2-10-9(11)4-6-17-13(10)18;/h1-4,6,12,16H,5,7-8,15H2,(H,17,18)(H,19,20);1H. The van der Waals surface area contributed by atoms with Crippen molar-refractivity contribution in [1.29, 1.82) is 0 Å². The van der Waals surface area contributed by atoms with Gasteiger partial charge in [-0.25, -0.2) is 8.42 Å². The van der Waals surface area contributed by atoms with Gasteiger partial charge in [0.2, 0.25) is 0 Å². The Morgan fingerprint density at radius 1 is 1.29 bits per heavy atom. The van der Waals surface area contributed by atoms with Crippen LogP contribution in [0.4, 0.5) is 0 Å². The van der Waals surface area contributed by atoms with Gasteiger partial charge in [-0.3, -0.25) is 9.59 Å². The highest BCUT2D eigenvalue weighted by atomic mass is 35.5. The second-order valence-corrected chi connectivity index (χ2v) is 6.99. The zero-order valence-electron chi connectivity index (χ0n) is 12.6. The molecule has 0 bridgehead atoms. The molecule has 0 radical (unpaired) electrons. The van der Waals surface area contributed by atoms with Crippen molar-refractivity contribution in [3.63, 3.8) is 0 Å². The van der Waals surface area contributed by atoms with Gasteiger partial charge in [-0.2, -0.15) is 0 Å². The average Bonchev–Trinajstić information content (AvgIpc) is 2.51. The zero-order chi connectivity index (χ0) is 17.0. The lowest BCUT2D eigenvalue weighted by Crippen LogP contribution is -2.41. The van der Waals surface area contributed by atoms with Crippen LogP contribution in [0.1, 0.15) is 0 Å². The van der Waals surface area contributed by atoms with Crippen LogP contribution >= 0.6 is 12.4 Å². The van der Waals surface area contributed by atoms with Crippen LogP contribution < -0.4 is 16.6 Å². The summed E-state index contributed by atoms with van der Waals surface area (Å²) < 4.78 is 25.5. The van der Waals surface area contributed by atoms with Crippen molar-refractivity contribution in [3.05, 3.63) is 40.8 Å². The van der Waals surface area contributed by atoms with E-state index in [1.807, 2.05) is 0 Å².